The normalized spacial score (nSPS) is 11.9. The maximum atomic E-state index is 13.1. The maximum Gasteiger partial charge on any atom is 0.261 e. The van der Waals surface area contributed by atoms with Gasteiger partial charge in [0.15, 0.2) is 6.61 Å². The van der Waals surface area contributed by atoms with E-state index in [-0.39, 0.29) is 31.0 Å². The largest absolute Gasteiger partial charge is 0.484 e. The van der Waals surface area contributed by atoms with Crippen molar-refractivity contribution in [1.82, 2.24) is 10.2 Å². The smallest absolute Gasteiger partial charge is 0.261 e. The highest BCUT2D eigenvalue weighted by atomic mass is 79.9. The zero-order valence-electron chi connectivity index (χ0n) is 18.3. The molecule has 2 amide bonds. The summed E-state index contributed by atoms with van der Waals surface area (Å²) >= 11 is 15.8. The molecule has 2 rings (SSSR count). The molecule has 0 bridgehead atoms. The average molecular weight is 530 g/mol. The first kappa shape index (κ1) is 25.5. The molecule has 0 fully saturated rings. The number of nitrogens with one attached hydrogen (secondary N) is 1. The van der Waals surface area contributed by atoms with Crippen molar-refractivity contribution >= 4 is 50.9 Å². The molecule has 0 aliphatic carbocycles. The molecule has 0 spiro atoms. The maximum absolute atomic E-state index is 13.1. The number of carbonyl (C=O) groups excluding carboxylic acids is 2. The highest BCUT2D eigenvalue weighted by Gasteiger charge is 2.27. The molecule has 5 nitrogen and oxygen atoms in total. The van der Waals surface area contributed by atoms with Gasteiger partial charge in [-0.05, 0) is 75.6 Å². The molecule has 0 saturated carbocycles. The molecule has 0 unspecified atom stereocenters. The number of rotatable bonds is 8. The van der Waals surface area contributed by atoms with Crippen molar-refractivity contribution in [2.24, 2.45) is 0 Å². The Morgan fingerprint density at radius 3 is 2.26 bits per heavy atom. The summed E-state index contributed by atoms with van der Waals surface area (Å²) in [5.41, 5.74) is 2.72. The van der Waals surface area contributed by atoms with Gasteiger partial charge in [0, 0.05) is 27.1 Å². The molecule has 168 valence electrons. The van der Waals surface area contributed by atoms with Gasteiger partial charge in [0.1, 0.15) is 11.8 Å². The summed E-state index contributed by atoms with van der Waals surface area (Å²) < 4.78 is 6.77. The Balaban J connectivity index is 2.23. The van der Waals surface area contributed by atoms with Crippen LogP contribution in [-0.4, -0.2) is 35.4 Å². The Kier molecular flexibility index (Phi) is 9.22. The van der Waals surface area contributed by atoms with Crippen LogP contribution in [0.15, 0.2) is 34.8 Å². The molecule has 0 radical (unpaired) electrons. The van der Waals surface area contributed by atoms with Crippen molar-refractivity contribution in [2.75, 3.05) is 6.61 Å². The molecular formula is C23H27BrCl2N2O3. The van der Waals surface area contributed by atoms with Gasteiger partial charge >= 0.3 is 0 Å². The van der Waals surface area contributed by atoms with Gasteiger partial charge in [-0.2, -0.15) is 0 Å². The van der Waals surface area contributed by atoms with Crippen LogP contribution < -0.4 is 10.1 Å². The van der Waals surface area contributed by atoms with Gasteiger partial charge in [0.25, 0.3) is 5.91 Å². The van der Waals surface area contributed by atoms with Gasteiger partial charge in [0.05, 0.1) is 0 Å². The number of benzene rings is 2. The van der Waals surface area contributed by atoms with Gasteiger partial charge in [-0.25, -0.2) is 0 Å². The summed E-state index contributed by atoms with van der Waals surface area (Å²) in [6.45, 7) is 9.29. The second-order valence-electron chi connectivity index (χ2n) is 7.76. The van der Waals surface area contributed by atoms with E-state index in [2.05, 4.69) is 21.2 Å². The number of carbonyl (C=O) groups is 2. The minimum Gasteiger partial charge on any atom is -0.484 e. The number of ether oxygens (including phenoxy) is 1. The van der Waals surface area contributed by atoms with Crippen LogP contribution in [0.1, 0.15) is 37.5 Å². The van der Waals surface area contributed by atoms with E-state index in [1.165, 1.54) is 4.90 Å². The Labute approximate surface area is 202 Å². The fourth-order valence-electron chi connectivity index (χ4n) is 3.04. The lowest BCUT2D eigenvalue weighted by molar-refractivity contribution is -0.142. The van der Waals surface area contributed by atoms with Crippen molar-refractivity contribution in [1.29, 1.82) is 0 Å². The van der Waals surface area contributed by atoms with Crippen LogP contribution in [0.25, 0.3) is 0 Å². The molecule has 0 saturated heterocycles. The monoisotopic (exact) mass is 528 g/mol. The zero-order chi connectivity index (χ0) is 23.3. The van der Waals surface area contributed by atoms with Crippen molar-refractivity contribution in [2.45, 2.75) is 53.2 Å². The number of hydrogen-bond donors (Lipinski definition) is 1. The lowest BCUT2D eigenvalue weighted by Gasteiger charge is -2.29. The predicted molar refractivity (Wildman–Crippen MR) is 129 cm³/mol. The first-order valence-electron chi connectivity index (χ1n) is 9.93. The second-order valence-corrected chi connectivity index (χ2v) is 9.39. The van der Waals surface area contributed by atoms with Crippen molar-refractivity contribution in [3.8, 4) is 5.75 Å². The topological polar surface area (TPSA) is 58.6 Å². The van der Waals surface area contributed by atoms with Crippen LogP contribution >= 0.6 is 39.1 Å². The first-order valence-corrected chi connectivity index (χ1v) is 11.5. The fourth-order valence-corrected chi connectivity index (χ4v) is 3.74. The molecule has 2 aromatic carbocycles. The van der Waals surface area contributed by atoms with E-state index < -0.39 is 6.04 Å². The number of hydrogen-bond acceptors (Lipinski definition) is 3. The van der Waals surface area contributed by atoms with E-state index in [4.69, 9.17) is 27.9 Å². The minimum absolute atomic E-state index is 0.0454. The van der Waals surface area contributed by atoms with E-state index in [0.29, 0.717) is 21.4 Å². The molecule has 31 heavy (non-hydrogen) atoms. The Bertz CT molecular complexity index is 943. The number of aryl methyl sites for hydroxylation is 2. The van der Waals surface area contributed by atoms with Gasteiger partial charge < -0.3 is 15.0 Å². The summed E-state index contributed by atoms with van der Waals surface area (Å²) in [6, 6.07) is 8.03. The van der Waals surface area contributed by atoms with Crippen LogP contribution in [0.3, 0.4) is 0 Å². The summed E-state index contributed by atoms with van der Waals surface area (Å²) in [6.07, 6.45) is 0. The Hall–Kier alpha value is -1.76. The molecule has 8 heteroatoms. The van der Waals surface area contributed by atoms with Gasteiger partial charge in [-0.15, -0.1) is 0 Å². The zero-order valence-corrected chi connectivity index (χ0v) is 21.4. The summed E-state index contributed by atoms with van der Waals surface area (Å²) in [4.78, 5) is 27.2. The number of amides is 2. The minimum atomic E-state index is -0.710. The SMILES string of the molecule is Cc1cc(OCC(=O)N(Cc2ccc(Cl)cc2Cl)[C@@H](C)C(=O)NC(C)C)cc(C)c1Br. The highest BCUT2D eigenvalue weighted by molar-refractivity contribution is 9.10. The lowest BCUT2D eigenvalue weighted by Crippen LogP contribution is -2.50. The average Bonchev–Trinajstić information content (AvgIpc) is 2.68. The number of nitrogens with zero attached hydrogens (tertiary/aromatic N) is 1. The molecule has 0 aliphatic heterocycles. The van der Waals surface area contributed by atoms with Crippen molar-refractivity contribution < 1.29 is 14.3 Å². The van der Waals surface area contributed by atoms with E-state index in [9.17, 15) is 9.59 Å². The molecule has 2 aromatic rings. The third kappa shape index (κ3) is 7.13. The molecule has 0 aromatic heterocycles. The van der Waals surface area contributed by atoms with Crippen molar-refractivity contribution in [3.05, 3.63) is 61.5 Å². The second kappa shape index (κ2) is 11.2. The van der Waals surface area contributed by atoms with Crippen molar-refractivity contribution in [3.63, 3.8) is 0 Å². The van der Waals surface area contributed by atoms with Crippen LogP contribution in [0.5, 0.6) is 5.75 Å². The first-order chi connectivity index (χ1) is 14.5. The van der Waals surface area contributed by atoms with Crippen LogP contribution in [0.2, 0.25) is 10.0 Å². The summed E-state index contributed by atoms with van der Waals surface area (Å²) in [7, 11) is 0. The number of halogens is 3. The van der Waals surface area contributed by atoms with Crippen LogP contribution in [0, 0.1) is 13.8 Å². The third-order valence-corrected chi connectivity index (χ3v) is 6.56. The van der Waals surface area contributed by atoms with Gasteiger partial charge in [-0.1, -0.05) is 45.2 Å². The molecule has 0 aliphatic rings. The lowest BCUT2D eigenvalue weighted by atomic mass is 10.1. The van der Waals surface area contributed by atoms with Gasteiger partial charge in [0.2, 0.25) is 5.91 Å². The predicted octanol–water partition coefficient (Wildman–Crippen LogP) is 5.69. The quantitative estimate of drug-likeness (QED) is 0.477. The highest BCUT2D eigenvalue weighted by Crippen LogP contribution is 2.27. The van der Waals surface area contributed by atoms with Gasteiger partial charge in [-0.3, -0.25) is 9.59 Å². The standard InChI is InChI=1S/C23H27BrCl2N2O3/c1-13(2)27-23(30)16(5)28(11-17-6-7-18(25)10-20(17)26)21(29)12-31-19-8-14(3)22(24)15(4)9-19/h6-10,13,16H,11-12H2,1-5H3,(H,27,30)/t16-/m0/s1. The van der Waals surface area contributed by atoms with Crippen LogP contribution in [0.4, 0.5) is 0 Å². The third-order valence-electron chi connectivity index (χ3n) is 4.73. The molecular weight excluding hydrogens is 503 g/mol. The Morgan fingerprint density at radius 1 is 1.10 bits per heavy atom. The summed E-state index contributed by atoms with van der Waals surface area (Å²) in [5.74, 6) is 0.0229. The molecule has 1 atom stereocenters. The molecule has 1 N–H and O–H groups in total. The van der Waals surface area contributed by atoms with E-state index in [1.54, 1.807) is 25.1 Å². The summed E-state index contributed by atoms with van der Waals surface area (Å²) in [5, 5.41) is 3.78. The molecule has 0 heterocycles. The fraction of sp³-hybridized carbons (Fsp3) is 0.391. The van der Waals surface area contributed by atoms with E-state index in [0.717, 1.165) is 15.6 Å². The Morgan fingerprint density at radius 2 is 1.71 bits per heavy atom. The van der Waals surface area contributed by atoms with E-state index >= 15 is 0 Å². The van der Waals surface area contributed by atoms with Crippen LogP contribution in [-0.2, 0) is 16.1 Å². The van der Waals surface area contributed by atoms with E-state index in [1.807, 2.05) is 39.8 Å².